The molecule has 7 heteroatoms. The van der Waals surface area contributed by atoms with Gasteiger partial charge in [0.25, 0.3) is 11.8 Å². The number of piperidine rings is 1. The van der Waals surface area contributed by atoms with Crippen molar-refractivity contribution in [2.45, 2.75) is 52.9 Å². The summed E-state index contributed by atoms with van der Waals surface area (Å²) in [7, 11) is 0. The molecule has 5 rings (SSSR count). The number of likely N-dealkylation sites (tertiary alicyclic amines) is 1. The van der Waals surface area contributed by atoms with E-state index in [0.717, 1.165) is 56.6 Å². The second-order valence-corrected chi connectivity index (χ2v) is 10.5. The average Bonchev–Trinajstić information content (AvgIpc) is 3.54. The minimum atomic E-state index is 0.0867. The quantitative estimate of drug-likeness (QED) is 0.302. The normalized spacial score (nSPS) is 14.4. The molecule has 192 valence electrons. The maximum absolute atomic E-state index is 13.4. The van der Waals surface area contributed by atoms with Crippen LogP contribution in [0.25, 0.3) is 17.3 Å². The van der Waals surface area contributed by atoms with E-state index in [1.807, 2.05) is 39.9 Å². The van der Waals surface area contributed by atoms with Gasteiger partial charge in [-0.05, 0) is 73.8 Å². The topological polar surface area (TPSA) is 77.1 Å². The van der Waals surface area contributed by atoms with Crippen molar-refractivity contribution in [3.05, 3.63) is 83.4 Å². The lowest BCUT2D eigenvalue weighted by atomic mass is 9.90. The number of benzene rings is 2. The molecule has 2 aromatic heterocycles. The molecular formula is C30H35N5O2. The van der Waals surface area contributed by atoms with E-state index in [1.165, 1.54) is 5.56 Å². The molecule has 7 nitrogen and oxygen atoms in total. The van der Waals surface area contributed by atoms with Crippen LogP contribution in [0.5, 0.6) is 0 Å². The van der Waals surface area contributed by atoms with Crippen molar-refractivity contribution in [1.29, 1.82) is 0 Å². The second-order valence-electron chi connectivity index (χ2n) is 10.5. The smallest absolute Gasteiger partial charge is 0.268 e. The van der Waals surface area contributed by atoms with Gasteiger partial charge in [0, 0.05) is 31.3 Å². The number of rotatable bonds is 8. The molecule has 1 aliphatic heterocycles. The molecule has 0 spiro atoms. The van der Waals surface area contributed by atoms with Gasteiger partial charge in [0.2, 0.25) is 5.89 Å². The van der Waals surface area contributed by atoms with E-state index in [0.29, 0.717) is 34.9 Å². The molecule has 2 aromatic carbocycles. The standard InChI is InChI=1S/C30H35N5O2/c1-21(2)12-13-27-20-28(29-32-31-22(3)37-29)33-35(27)26-11-7-10-25(19-26)30(36)34-16-14-24(15-17-34)18-23-8-5-4-6-9-23/h4-11,19-21,24H,12-18H2,1-3H3. The number of nitrogens with zero attached hydrogens (tertiary/aromatic N) is 5. The highest BCUT2D eigenvalue weighted by molar-refractivity contribution is 5.94. The summed E-state index contributed by atoms with van der Waals surface area (Å²) in [6.45, 7) is 7.79. The second kappa shape index (κ2) is 11.1. The van der Waals surface area contributed by atoms with Crippen molar-refractivity contribution in [2.75, 3.05) is 13.1 Å². The van der Waals surface area contributed by atoms with Crippen molar-refractivity contribution in [1.82, 2.24) is 24.9 Å². The summed E-state index contributed by atoms with van der Waals surface area (Å²) in [5.74, 6) is 2.19. The van der Waals surface area contributed by atoms with Crippen LogP contribution in [0.3, 0.4) is 0 Å². The molecule has 0 aliphatic carbocycles. The third-order valence-electron chi connectivity index (χ3n) is 7.11. The Morgan fingerprint density at radius 1 is 1.03 bits per heavy atom. The zero-order chi connectivity index (χ0) is 25.8. The van der Waals surface area contributed by atoms with Gasteiger partial charge >= 0.3 is 0 Å². The largest absolute Gasteiger partial charge is 0.420 e. The van der Waals surface area contributed by atoms with Crippen LogP contribution >= 0.6 is 0 Å². The maximum atomic E-state index is 13.4. The molecule has 1 fully saturated rings. The van der Waals surface area contributed by atoms with Gasteiger partial charge in [0.15, 0.2) is 0 Å². The number of aryl methyl sites for hydroxylation is 2. The first-order valence-electron chi connectivity index (χ1n) is 13.3. The van der Waals surface area contributed by atoms with E-state index in [-0.39, 0.29) is 5.91 Å². The van der Waals surface area contributed by atoms with E-state index < -0.39 is 0 Å². The third-order valence-corrected chi connectivity index (χ3v) is 7.11. The third kappa shape index (κ3) is 5.98. The Morgan fingerprint density at radius 2 is 1.81 bits per heavy atom. The summed E-state index contributed by atoms with van der Waals surface area (Å²) >= 11 is 0. The van der Waals surface area contributed by atoms with Gasteiger partial charge in [0.05, 0.1) is 5.69 Å². The van der Waals surface area contributed by atoms with E-state index in [9.17, 15) is 4.79 Å². The molecule has 0 saturated carbocycles. The van der Waals surface area contributed by atoms with Crippen LogP contribution in [-0.2, 0) is 12.8 Å². The molecular weight excluding hydrogens is 462 g/mol. The van der Waals surface area contributed by atoms with Crippen molar-refractivity contribution in [3.8, 4) is 17.3 Å². The van der Waals surface area contributed by atoms with Crippen molar-refractivity contribution >= 4 is 5.91 Å². The monoisotopic (exact) mass is 497 g/mol. The van der Waals surface area contributed by atoms with Crippen LogP contribution in [0.4, 0.5) is 0 Å². The Bertz CT molecular complexity index is 1330. The Morgan fingerprint density at radius 3 is 2.51 bits per heavy atom. The fourth-order valence-corrected chi connectivity index (χ4v) is 5.00. The predicted molar refractivity (Wildman–Crippen MR) is 144 cm³/mol. The summed E-state index contributed by atoms with van der Waals surface area (Å²) in [4.78, 5) is 15.4. The lowest BCUT2D eigenvalue weighted by Crippen LogP contribution is -2.38. The Kier molecular flexibility index (Phi) is 7.49. The molecule has 0 atom stereocenters. The Labute approximate surface area is 218 Å². The number of amides is 1. The SMILES string of the molecule is Cc1nnc(-c2cc(CCC(C)C)n(-c3cccc(C(=O)N4CCC(Cc5ccccc5)CC4)c3)n2)o1. The average molecular weight is 498 g/mol. The highest BCUT2D eigenvalue weighted by Gasteiger charge is 2.24. The highest BCUT2D eigenvalue weighted by atomic mass is 16.4. The van der Waals surface area contributed by atoms with E-state index in [2.05, 4.69) is 54.4 Å². The first-order chi connectivity index (χ1) is 18.0. The van der Waals surface area contributed by atoms with Gasteiger partial charge in [0.1, 0.15) is 5.69 Å². The van der Waals surface area contributed by atoms with E-state index in [4.69, 9.17) is 9.52 Å². The minimum absolute atomic E-state index is 0.0867. The molecule has 1 aliphatic rings. The number of carbonyl (C=O) groups excluding carboxylic acids is 1. The van der Waals surface area contributed by atoms with Gasteiger partial charge in [-0.15, -0.1) is 10.2 Å². The van der Waals surface area contributed by atoms with E-state index >= 15 is 0 Å². The molecule has 0 radical (unpaired) electrons. The highest BCUT2D eigenvalue weighted by Crippen LogP contribution is 2.25. The lowest BCUT2D eigenvalue weighted by Gasteiger charge is -2.32. The number of hydrogen-bond acceptors (Lipinski definition) is 5. The zero-order valence-corrected chi connectivity index (χ0v) is 21.9. The summed E-state index contributed by atoms with van der Waals surface area (Å²) in [5.41, 5.74) is 4.65. The van der Waals surface area contributed by atoms with Gasteiger partial charge in [-0.3, -0.25) is 4.79 Å². The van der Waals surface area contributed by atoms with Crippen molar-refractivity contribution in [2.24, 2.45) is 11.8 Å². The first-order valence-corrected chi connectivity index (χ1v) is 13.3. The maximum Gasteiger partial charge on any atom is 0.268 e. The van der Waals surface area contributed by atoms with Crippen LogP contribution in [0.2, 0.25) is 0 Å². The fraction of sp³-hybridized carbons (Fsp3) is 0.400. The molecule has 0 N–H and O–H groups in total. The van der Waals surface area contributed by atoms with Crippen LogP contribution in [0, 0.1) is 18.8 Å². The number of carbonyl (C=O) groups is 1. The minimum Gasteiger partial charge on any atom is -0.420 e. The molecule has 1 saturated heterocycles. The van der Waals surface area contributed by atoms with E-state index in [1.54, 1.807) is 6.92 Å². The van der Waals surface area contributed by atoms with Gasteiger partial charge in [-0.25, -0.2) is 4.68 Å². The molecule has 3 heterocycles. The fourth-order valence-electron chi connectivity index (χ4n) is 5.00. The van der Waals surface area contributed by atoms with Gasteiger partial charge < -0.3 is 9.32 Å². The summed E-state index contributed by atoms with van der Waals surface area (Å²) in [6, 6.07) is 20.4. The number of hydrogen-bond donors (Lipinski definition) is 0. The van der Waals surface area contributed by atoms with Crippen molar-refractivity contribution < 1.29 is 9.21 Å². The molecule has 1 amide bonds. The first kappa shape index (κ1) is 24.9. The summed E-state index contributed by atoms with van der Waals surface area (Å²) in [6.07, 6.45) is 5.05. The molecule has 37 heavy (non-hydrogen) atoms. The Hall–Kier alpha value is -3.74. The van der Waals surface area contributed by atoms with Crippen molar-refractivity contribution in [3.63, 3.8) is 0 Å². The number of aromatic nitrogens is 4. The summed E-state index contributed by atoms with van der Waals surface area (Å²) < 4.78 is 7.54. The van der Waals surface area contributed by atoms with Crippen LogP contribution in [0.15, 0.2) is 65.1 Å². The van der Waals surface area contributed by atoms with Crippen LogP contribution in [-0.4, -0.2) is 43.9 Å². The van der Waals surface area contributed by atoms with Gasteiger partial charge in [-0.2, -0.15) is 5.10 Å². The van der Waals surface area contributed by atoms with Crippen LogP contribution < -0.4 is 0 Å². The zero-order valence-electron chi connectivity index (χ0n) is 21.9. The Balaban J connectivity index is 1.32. The van der Waals surface area contributed by atoms with Crippen LogP contribution in [0.1, 0.15) is 60.6 Å². The summed E-state index contributed by atoms with van der Waals surface area (Å²) in [5, 5.41) is 12.9. The molecule has 4 aromatic rings. The lowest BCUT2D eigenvalue weighted by molar-refractivity contribution is 0.0690. The molecule has 0 bridgehead atoms. The predicted octanol–water partition coefficient (Wildman–Crippen LogP) is 5.91. The van der Waals surface area contributed by atoms with Gasteiger partial charge in [-0.1, -0.05) is 50.2 Å². The molecule has 0 unspecified atom stereocenters.